The van der Waals surface area contributed by atoms with E-state index in [1.807, 2.05) is 17.0 Å². The van der Waals surface area contributed by atoms with E-state index in [0.29, 0.717) is 11.4 Å². The number of carbonyl (C=O) groups excluding carboxylic acids is 2. The van der Waals surface area contributed by atoms with Gasteiger partial charge in [-0.05, 0) is 31.5 Å². The topological polar surface area (TPSA) is 78.7 Å². The molecule has 114 valence electrons. The summed E-state index contributed by atoms with van der Waals surface area (Å²) in [5.74, 6) is -0.0918. The van der Waals surface area contributed by atoms with E-state index in [2.05, 4.69) is 5.32 Å². The van der Waals surface area contributed by atoms with Gasteiger partial charge in [-0.15, -0.1) is 0 Å². The van der Waals surface area contributed by atoms with E-state index >= 15 is 0 Å². The molecule has 0 aliphatic carbocycles. The summed E-state index contributed by atoms with van der Waals surface area (Å²) in [6.45, 7) is 0.973. The van der Waals surface area contributed by atoms with Crippen molar-refractivity contribution in [1.82, 2.24) is 9.80 Å². The van der Waals surface area contributed by atoms with Gasteiger partial charge in [0.25, 0.3) is 0 Å². The lowest BCUT2D eigenvalue weighted by molar-refractivity contribution is -0.133. The number of nitrogen functional groups attached to an aromatic ring is 1. The number of nitrogens with two attached hydrogens (primary N) is 1. The van der Waals surface area contributed by atoms with Gasteiger partial charge in [-0.1, -0.05) is 12.1 Å². The molecule has 2 amide bonds. The molecule has 1 aliphatic heterocycles. The zero-order valence-electron chi connectivity index (χ0n) is 12.5. The van der Waals surface area contributed by atoms with Crippen LogP contribution in [-0.4, -0.2) is 54.8 Å². The Kier molecular flexibility index (Phi) is 4.80. The third kappa shape index (κ3) is 3.72. The van der Waals surface area contributed by atoms with Crippen LogP contribution in [0.2, 0.25) is 0 Å². The molecular weight excluding hydrogens is 268 g/mol. The number of hydrogen-bond donors (Lipinski definition) is 2. The second-order valence-electron chi connectivity index (χ2n) is 5.50. The molecule has 1 saturated heterocycles. The van der Waals surface area contributed by atoms with Crippen molar-refractivity contribution in [2.75, 3.05) is 38.2 Å². The summed E-state index contributed by atoms with van der Waals surface area (Å²) in [4.78, 5) is 27.7. The minimum atomic E-state index is -0.195. The maximum Gasteiger partial charge on any atom is 0.239 e. The monoisotopic (exact) mass is 290 g/mol. The lowest BCUT2D eigenvalue weighted by atomic mass is 10.2. The van der Waals surface area contributed by atoms with Crippen LogP contribution in [0.1, 0.15) is 12.8 Å². The first-order valence-corrected chi connectivity index (χ1v) is 7.08. The molecule has 2 rings (SSSR count). The smallest absolute Gasteiger partial charge is 0.239 e. The fourth-order valence-corrected chi connectivity index (χ4v) is 2.58. The summed E-state index contributed by atoms with van der Waals surface area (Å²) < 4.78 is 0. The van der Waals surface area contributed by atoms with E-state index in [4.69, 9.17) is 5.73 Å². The summed E-state index contributed by atoms with van der Waals surface area (Å²) in [7, 11) is 3.48. The normalized spacial score (nSPS) is 18.5. The SMILES string of the molecule is CN(C)C(=O)C1CCCN1CC(=O)Nc1ccccc1N. The molecule has 1 unspecified atom stereocenters. The molecule has 0 saturated carbocycles. The molecule has 1 heterocycles. The Morgan fingerprint density at radius 1 is 1.38 bits per heavy atom. The average Bonchev–Trinajstić information content (AvgIpc) is 2.88. The number of benzene rings is 1. The number of anilines is 2. The van der Waals surface area contributed by atoms with Crippen LogP contribution >= 0.6 is 0 Å². The number of likely N-dealkylation sites (N-methyl/N-ethyl adjacent to an activating group) is 1. The summed E-state index contributed by atoms with van der Waals surface area (Å²) >= 11 is 0. The summed E-state index contributed by atoms with van der Waals surface area (Å²) in [5, 5.41) is 2.80. The van der Waals surface area contributed by atoms with Crippen molar-refractivity contribution in [1.29, 1.82) is 0 Å². The van der Waals surface area contributed by atoms with Gasteiger partial charge in [0, 0.05) is 14.1 Å². The largest absolute Gasteiger partial charge is 0.397 e. The Labute approximate surface area is 124 Å². The number of amides is 2. The zero-order chi connectivity index (χ0) is 15.4. The molecule has 3 N–H and O–H groups in total. The molecule has 1 aromatic carbocycles. The highest BCUT2D eigenvalue weighted by Crippen LogP contribution is 2.20. The second-order valence-corrected chi connectivity index (χ2v) is 5.50. The van der Waals surface area contributed by atoms with Gasteiger partial charge in [-0.2, -0.15) is 0 Å². The van der Waals surface area contributed by atoms with Crippen LogP contribution in [0.15, 0.2) is 24.3 Å². The standard InChI is InChI=1S/C15H22N4O2/c1-18(2)15(21)13-8-5-9-19(13)10-14(20)17-12-7-4-3-6-11(12)16/h3-4,6-7,13H,5,8-10,16H2,1-2H3,(H,17,20). The van der Waals surface area contributed by atoms with E-state index in [1.54, 1.807) is 31.1 Å². The van der Waals surface area contributed by atoms with Crippen molar-refractivity contribution in [3.05, 3.63) is 24.3 Å². The highest BCUT2D eigenvalue weighted by molar-refractivity contribution is 5.95. The predicted octanol–water partition coefficient (Wildman–Crippen LogP) is 0.760. The highest BCUT2D eigenvalue weighted by Gasteiger charge is 2.32. The van der Waals surface area contributed by atoms with Crippen molar-refractivity contribution >= 4 is 23.2 Å². The molecule has 0 aromatic heterocycles. The van der Waals surface area contributed by atoms with Crippen LogP contribution in [0.4, 0.5) is 11.4 Å². The number of hydrogen-bond acceptors (Lipinski definition) is 4. The third-order valence-electron chi connectivity index (χ3n) is 3.67. The van der Waals surface area contributed by atoms with Gasteiger partial charge >= 0.3 is 0 Å². The molecule has 1 atom stereocenters. The van der Waals surface area contributed by atoms with Crippen molar-refractivity contribution in [2.24, 2.45) is 0 Å². The van der Waals surface area contributed by atoms with Gasteiger partial charge in [-0.3, -0.25) is 14.5 Å². The molecule has 1 aromatic rings. The van der Waals surface area contributed by atoms with Crippen molar-refractivity contribution < 1.29 is 9.59 Å². The van der Waals surface area contributed by atoms with Gasteiger partial charge in [-0.25, -0.2) is 0 Å². The average molecular weight is 290 g/mol. The van der Waals surface area contributed by atoms with Crippen LogP contribution in [0.25, 0.3) is 0 Å². The second kappa shape index (κ2) is 6.58. The number of nitrogens with one attached hydrogen (secondary N) is 1. The maximum absolute atomic E-state index is 12.1. The van der Waals surface area contributed by atoms with Crippen LogP contribution < -0.4 is 11.1 Å². The third-order valence-corrected chi connectivity index (χ3v) is 3.67. The first-order chi connectivity index (χ1) is 9.99. The molecule has 6 heteroatoms. The number of carbonyl (C=O) groups is 2. The maximum atomic E-state index is 12.1. The Morgan fingerprint density at radius 2 is 2.10 bits per heavy atom. The van der Waals surface area contributed by atoms with Gasteiger partial charge in [0.05, 0.1) is 24.0 Å². The molecule has 1 fully saturated rings. The zero-order valence-corrected chi connectivity index (χ0v) is 12.5. The first kappa shape index (κ1) is 15.3. The van der Waals surface area contributed by atoms with Gasteiger partial charge in [0.1, 0.15) is 0 Å². The molecule has 6 nitrogen and oxygen atoms in total. The number of likely N-dealkylation sites (tertiary alicyclic amines) is 1. The fourth-order valence-electron chi connectivity index (χ4n) is 2.58. The van der Waals surface area contributed by atoms with Crippen LogP contribution in [-0.2, 0) is 9.59 Å². The van der Waals surface area contributed by atoms with Gasteiger partial charge < -0.3 is 16.0 Å². The van der Waals surface area contributed by atoms with Crippen LogP contribution in [0, 0.1) is 0 Å². The quantitative estimate of drug-likeness (QED) is 0.803. The van der Waals surface area contributed by atoms with E-state index in [0.717, 1.165) is 19.4 Å². The molecule has 0 spiro atoms. The van der Waals surface area contributed by atoms with Crippen LogP contribution in [0.3, 0.4) is 0 Å². The van der Waals surface area contributed by atoms with Crippen molar-refractivity contribution in [3.63, 3.8) is 0 Å². The van der Waals surface area contributed by atoms with E-state index in [1.165, 1.54) is 0 Å². The summed E-state index contributed by atoms with van der Waals surface area (Å²) in [6, 6.07) is 6.94. The minimum Gasteiger partial charge on any atom is -0.397 e. The molecule has 21 heavy (non-hydrogen) atoms. The van der Waals surface area contributed by atoms with Gasteiger partial charge in [0.2, 0.25) is 11.8 Å². The Morgan fingerprint density at radius 3 is 2.76 bits per heavy atom. The van der Waals surface area contributed by atoms with E-state index < -0.39 is 0 Å². The first-order valence-electron chi connectivity index (χ1n) is 7.08. The van der Waals surface area contributed by atoms with Crippen molar-refractivity contribution in [2.45, 2.75) is 18.9 Å². The molecular formula is C15H22N4O2. The minimum absolute atomic E-state index is 0.0551. The highest BCUT2D eigenvalue weighted by atomic mass is 16.2. The number of rotatable bonds is 4. The number of nitrogens with zero attached hydrogens (tertiary/aromatic N) is 2. The van der Waals surface area contributed by atoms with Gasteiger partial charge in [0.15, 0.2) is 0 Å². The van der Waals surface area contributed by atoms with E-state index in [9.17, 15) is 9.59 Å². The Balaban J connectivity index is 1.96. The van der Waals surface area contributed by atoms with Crippen LogP contribution in [0.5, 0.6) is 0 Å². The summed E-state index contributed by atoms with van der Waals surface area (Å²) in [5.41, 5.74) is 6.95. The van der Waals surface area contributed by atoms with E-state index in [-0.39, 0.29) is 24.4 Å². The fraction of sp³-hybridized carbons (Fsp3) is 0.467. The summed E-state index contributed by atoms with van der Waals surface area (Å²) in [6.07, 6.45) is 1.74. The Hall–Kier alpha value is -2.08. The molecule has 1 aliphatic rings. The lowest BCUT2D eigenvalue weighted by Gasteiger charge is -2.25. The molecule has 0 radical (unpaired) electrons. The molecule has 0 bridgehead atoms. The van der Waals surface area contributed by atoms with Crippen molar-refractivity contribution in [3.8, 4) is 0 Å². The number of para-hydroxylation sites is 2. The predicted molar refractivity (Wildman–Crippen MR) is 82.8 cm³/mol. The Bertz CT molecular complexity index is 530. The lowest BCUT2D eigenvalue weighted by Crippen LogP contribution is -2.45.